The number of nitrogens with zero attached hydrogens (tertiary/aromatic N) is 1. The highest BCUT2D eigenvalue weighted by Crippen LogP contribution is 2.39. The molecular formula is C15H12N2O5. The van der Waals surface area contributed by atoms with Crippen molar-refractivity contribution in [2.24, 2.45) is 5.73 Å². The van der Waals surface area contributed by atoms with Crippen molar-refractivity contribution in [1.82, 2.24) is 0 Å². The SMILES string of the molecule is CC1=C(C(=O)O)C(c2cccc(C#N)c2)C(C(=O)O)=C(N)O1. The highest BCUT2D eigenvalue weighted by Gasteiger charge is 2.38. The summed E-state index contributed by atoms with van der Waals surface area (Å²) in [5.74, 6) is -4.14. The Hall–Kier alpha value is -3.27. The maximum atomic E-state index is 11.5. The van der Waals surface area contributed by atoms with Gasteiger partial charge in [-0.05, 0) is 24.6 Å². The van der Waals surface area contributed by atoms with Gasteiger partial charge in [-0.1, -0.05) is 12.1 Å². The average molecular weight is 300 g/mol. The largest absolute Gasteiger partial charge is 0.478 e. The minimum Gasteiger partial charge on any atom is -0.478 e. The second-order valence-electron chi connectivity index (χ2n) is 4.63. The molecule has 0 amide bonds. The molecule has 7 nitrogen and oxygen atoms in total. The zero-order valence-corrected chi connectivity index (χ0v) is 11.5. The number of nitriles is 1. The number of carboxylic acids is 2. The van der Waals surface area contributed by atoms with E-state index in [0.29, 0.717) is 5.56 Å². The molecule has 0 bridgehead atoms. The van der Waals surface area contributed by atoms with E-state index in [9.17, 15) is 19.8 Å². The standard InChI is InChI=1S/C15H12N2O5/c1-7-10(14(18)19)11(12(15(20)21)13(17)22-7)9-4-2-3-8(5-9)6-16/h2-5,11H,17H2,1H3,(H,18,19)(H,20,21). The second kappa shape index (κ2) is 5.61. The van der Waals surface area contributed by atoms with E-state index in [4.69, 9.17) is 15.7 Å². The molecule has 1 aromatic carbocycles. The van der Waals surface area contributed by atoms with Crippen LogP contribution in [0.3, 0.4) is 0 Å². The first-order valence-electron chi connectivity index (χ1n) is 6.21. The van der Waals surface area contributed by atoms with Gasteiger partial charge in [-0.15, -0.1) is 0 Å². The van der Waals surface area contributed by atoms with Crippen LogP contribution in [0.5, 0.6) is 0 Å². The summed E-state index contributed by atoms with van der Waals surface area (Å²) in [5.41, 5.74) is 5.67. The summed E-state index contributed by atoms with van der Waals surface area (Å²) in [6.45, 7) is 1.40. The summed E-state index contributed by atoms with van der Waals surface area (Å²) < 4.78 is 5.05. The number of carbonyl (C=O) groups is 2. The van der Waals surface area contributed by atoms with E-state index in [1.54, 1.807) is 12.1 Å². The van der Waals surface area contributed by atoms with Gasteiger partial charge in [0.05, 0.1) is 23.1 Å². The quantitative estimate of drug-likeness (QED) is 0.765. The minimum atomic E-state index is -1.38. The summed E-state index contributed by atoms with van der Waals surface area (Å²) in [6, 6.07) is 7.99. The third kappa shape index (κ3) is 2.50. The molecule has 1 aliphatic heterocycles. The summed E-state index contributed by atoms with van der Waals surface area (Å²) in [5, 5.41) is 27.7. The number of rotatable bonds is 3. The van der Waals surface area contributed by atoms with Crippen LogP contribution in [0.25, 0.3) is 0 Å². The monoisotopic (exact) mass is 300 g/mol. The summed E-state index contributed by atoms with van der Waals surface area (Å²) >= 11 is 0. The Morgan fingerprint density at radius 3 is 2.45 bits per heavy atom. The van der Waals surface area contributed by atoms with Gasteiger partial charge in [-0.2, -0.15) is 5.26 Å². The Morgan fingerprint density at radius 1 is 1.27 bits per heavy atom. The number of carboxylic acid groups (broad SMARTS) is 2. The van der Waals surface area contributed by atoms with Crippen molar-refractivity contribution in [2.45, 2.75) is 12.8 Å². The lowest BCUT2D eigenvalue weighted by Gasteiger charge is -2.27. The zero-order valence-electron chi connectivity index (χ0n) is 11.5. The van der Waals surface area contributed by atoms with E-state index in [2.05, 4.69) is 0 Å². The molecule has 2 rings (SSSR count). The van der Waals surface area contributed by atoms with Crippen LogP contribution in [0.4, 0.5) is 0 Å². The first kappa shape index (κ1) is 15.1. The summed E-state index contributed by atoms with van der Waals surface area (Å²) in [4.78, 5) is 23.0. The van der Waals surface area contributed by atoms with Crippen LogP contribution in [-0.4, -0.2) is 22.2 Å². The normalized spacial score (nSPS) is 17.7. The van der Waals surface area contributed by atoms with Crippen molar-refractivity contribution in [3.8, 4) is 6.07 Å². The van der Waals surface area contributed by atoms with Crippen molar-refractivity contribution in [3.05, 3.63) is 58.2 Å². The van der Waals surface area contributed by atoms with Gasteiger partial charge >= 0.3 is 11.9 Å². The first-order valence-corrected chi connectivity index (χ1v) is 6.21. The van der Waals surface area contributed by atoms with Crippen LogP contribution >= 0.6 is 0 Å². The van der Waals surface area contributed by atoms with Crippen molar-refractivity contribution in [1.29, 1.82) is 5.26 Å². The van der Waals surface area contributed by atoms with Gasteiger partial charge in [-0.3, -0.25) is 0 Å². The number of hydrogen-bond donors (Lipinski definition) is 3. The minimum absolute atomic E-state index is 0.0161. The molecule has 0 radical (unpaired) electrons. The van der Waals surface area contributed by atoms with Gasteiger partial charge in [0.2, 0.25) is 5.88 Å². The average Bonchev–Trinajstić information content (AvgIpc) is 2.45. The number of nitrogens with two attached hydrogens (primary N) is 1. The van der Waals surface area contributed by atoms with Crippen LogP contribution in [0.1, 0.15) is 24.0 Å². The molecule has 1 atom stereocenters. The third-order valence-corrected chi connectivity index (χ3v) is 3.30. The molecule has 1 aromatic rings. The van der Waals surface area contributed by atoms with Crippen molar-refractivity contribution >= 4 is 11.9 Å². The molecule has 7 heteroatoms. The van der Waals surface area contributed by atoms with Crippen LogP contribution in [0, 0.1) is 11.3 Å². The van der Waals surface area contributed by atoms with E-state index < -0.39 is 17.9 Å². The zero-order chi connectivity index (χ0) is 16.4. The van der Waals surface area contributed by atoms with Gasteiger partial charge in [0, 0.05) is 0 Å². The number of benzene rings is 1. The Kier molecular flexibility index (Phi) is 3.86. The summed E-state index contributed by atoms with van der Waals surface area (Å²) in [7, 11) is 0. The Balaban J connectivity index is 2.72. The smallest absolute Gasteiger partial charge is 0.337 e. The second-order valence-corrected chi connectivity index (χ2v) is 4.63. The van der Waals surface area contributed by atoms with Crippen LogP contribution in [0.15, 0.2) is 47.1 Å². The lowest BCUT2D eigenvalue weighted by atomic mass is 9.82. The van der Waals surface area contributed by atoms with E-state index in [1.807, 2.05) is 6.07 Å². The Bertz CT molecular complexity index is 734. The molecule has 1 aliphatic rings. The van der Waals surface area contributed by atoms with E-state index in [1.165, 1.54) is 19.1 Å². The lowest BCUT2D eigenvalue weighted by Crippen LogP contribution is -2.28. The van der Waals surface area contributed by atoms with E-state index >= 15 is 0 Å². The predicted molar refractivity (Wildman–Crippen MR) is 74.2 cm³/mol. The first-order chi connectivity index (χ1) is 10.4. The molecule has 1 heterocycles. The molecule has 0 aromatic heterocycles. The molecule has 0 aliphatic carbocycles. The number of hydrogen-bond acceptors (Lipinski definition) is 5. The van der Waals surface area contributed by atoms with Gasteiger partial charge in [0.1, 0.15) is 11.3 Å². The number of aliphatic carboxylic acids is 2. The Labute approximate surface area is 125 Å². The molecule has 0 spiro atoms. The van der Waals surface area contributed by atoms with E-state index in [0.717, 1.165) is 0 Å². The predicted octanol–water partition coefficient (Wildman–Crippen LogP) is 1.29. The fraction of sp³-hybridized carbons (Fsp3) is 0.133. The topological polar surface area (TPSA) is 134 Å². The van der Waals surface area contributed by atoms with Gasteiger partial charge in [0.25, 0.3) is 0 Å². The molecule has 0 fully saturated rings. The van der Waals surface area contributed by atoms with Crippen LogP contribution in [-0.2, 0) is 14.3 Å². The Morgan fingerprint density at radius 2 is 1.91 bits per heavy atom. The fourth-order valence-electron chi connectivity index (χ4n) is 2.39. The third-order valence-electron chi connectivity index (χ3n) is 3.30. The highest BCUT2D eigenvalue weighted by molar-refractivity contribution is 5.97. The van der Waals surface area contributed by atoms with Gasteiger partial charge in [-0.25, -0.2) is 9.59 Å². The van der Waals surface area contributed by atoms with Crippen molar-refractivity contribution in [3.63, 3.8) is 0 Å². The maximum Gasteiger partial charge on any atom is 0.337 e. The molecule has 0 saturated heterocycles. The van der Waals surface area contributed by atoms with Crippen molar-refractivity contribution < 1.29 is 24.5 Å². The van der Waals surface area contributed by atoms with Crippen LogP contribution in [0.2, 0.25) is 0 Å². The maximum absolute atomic E-state index is 11.5. The van der Waals surface area contributed by atoms with Crippen LogP contribution < -0.4 is 5.73 Å². The van der Waals surface area contributed by atoms with Gasteiger partial charge in [0.15, 0.2) is 0 Å². The highest BCUT2D eigenvalue weighted by atomic mass is 16.5. The van der Waals surface area contributed by atoms with Gasteiger partial charge < -0.3 is 20.7 Å². The van der Waals surface area contributed by atoms with Crippen molar-refractivity contribution in [2.75, 3.05) is 0 Å². The molecule has 4 N–H and O–H groups in total. The summed E-state index contributed by atoms with van der Waals surface area (Å²) in [6.07, 6.45) is 0. The fourth-order valence-corrected chi connectivity index (χ4v) is 2.39. The molecule has 0 saturated carbocycles. The lowest BCUT2D eigenvalue weighted by molar-refractivity contribution is -0.134. The van der Waals surface area contributed by atoms with E-state index in [-0.39, 0.29) is 28.4 Å². The molecular weight excluding hydrogens is 288 g/mol. The number of ether oxygens (including phenoxy) is 1. The molecule has 1 unspecified atom stereocenters. The molecule has 112 valence electrons. The molecule has 22 heavy (non-hydrogen) atoms. The number of allylic oxidation sites excluding steroid dienone is 1.